The summed E-state index contributed by atoms with van der Waals surface area (Å²) in [6.45, 7) is 2.11. The first-order chi connectivity index (χ1) is 9.78. The molecule has 6 heteroatoms. The number of pyridine rings is 1. The molecule has 20 heavy (non-hydrogen) atoms. The predicted octanol–water partition coefficient (Wildman–Crippen LogP) is 1.46. The van der Waals surface area contributed by atoms with Crippen molar-refractivity contribution < 1.29 is 4.74 Å². The Hall–Kier alpha value is -2.08. The van der Waals surface area contributed by atoms with Gasteiger partial charge in [-0.3, -0.25) is 4.68 Å². The van der Waals surface area contributed by atoms with E-state index in [0.717, 1.165) is 37.1 Å². The number of hydrogen-bond acceptors (Lipinski definition) is 5. The molecule has 2 aromatic rings. The lowest BCUT2D eigenvalue weighted by Gasteiger charge is -2.22. The van der Waals surface area contributed by atoms with Crippen molar-refractivity contribution in [2.75, 3.05) is 25.9 Å². The lowest BCUT2D eigenvalue weighted by molar-refractivity contribution is 0.343. The van der Waals surface area contributed by atoms with E-state index in [4.69, 9.17) is 10.5 Å². The van der Waals surface area contributed by atoms with E-state index in [0.29, 0.717) is 17.6 Å². The number of piperidine rings is 1. The fraction of sp³-hybridized carbons (Fsp3) is 0.429. The number of ether oxygens (including phenoxy) is 1. The Morgan fingerprint density at radius 3 is 2.85 bits per heavy atom. The van der Waals surface area contributed by atoms with Crippen LogP contribution in [-0.2, 0) is 0 Å². The highest BCUT2D eigenvalue weighted by atomic mass is 16.5. The van der Waals surface area contributed by atoms with Crippen LogP contribution in [0.1, 0.15) is 18.9 Å². The van der Waals surface area contributed by atoms with Crippen LogP contribution in [-0.4, -0.2) is 35.0 Å². The van der Waals surface area contributed by atoms with Gasteiger partial charge in [-0.15, -0.1) is 0 Å². The third-order valence-electron chi connectivity index (χ3n) is 3.72. The highest BCUT2D eigenvalue weighted by molar-refractivity contribution is 5.65. The van der Waals surface area contributed by atoms with Crippen LogP contribution in [0.2, 0.25) is 0 Å². The molecule has 0 aliphatic carbocycles. The normalized spacial score (nSPS) is 16.2. The topological polar surface area (TPSA) is 78.0 Å². The number of nitrogen functional groups attached to an aromatic ring is 1. The average molecular weight is 273 g/mol. The van der Waals surface area contributed by atoms with Gasteiger partial charge < -0.3 is 15.8 Å². The maximum absolute atomic E-state index is 5.74. The number of nitrogens with zero attached hydrogens (tertiary/aromatic N) is 3. The summed E-state index contributed by atoms with van der Waals surface area (Å²) >= 11 is 0. The van der Waals surface area contributed by atoms with Gasteiger partial charge in [0.1, 0.15) is 0 Å². The molecule has 0 atom stereocenters. The van der Waals surface area contributed by atoms with E-state index < -0.39 is 0 Å². The SMILES string of the molecule is COc1cc(-c2cnn(C3CCNCC3)c2)cnc1N. The molecule has 0 radical (unpaired) electrons. The van der Waals surface area contributed by atoms with E-state index >= 15 is 0 Å². The van der Waals surface area contributed by atoms with Crippen LogP contribution in [0.25, 0.3) is 11.1 Å². The Bertz CT molecular complexity index is 589. The zero-order chi connectivity index (χ0) is 13.9. The second-order valence-electron chi connectivity index (χ2n) is 5.00. The maximum Gasteiger partial charge on any atom is 0.166 e. The van der Waals surface area contributed by atoms with Crippen LogP contribution < -0.4 is 15.8 Å². The molecule has 3 rings (SSSR count). The first kappa shape index (κ1) is 12.9. The minimum atomic E-state index is 0.405. The van der Waals surface area contributed by atoms with E-state index in [1.54, 1.807) is 13.3 Å². The van der Waals surface area contributed by atoms with Crippen LogP contribution in [0.5, 0.6) is 5.75 Å². The highest BCUT2D eigenvalue weighted by Gasteiger charge is 2.16. The minimum absolute atomic E-state index is 0.405. The van der Waals surface area contributed by atoms with Crippen molar-refractivity contribution >= 4 is 5.82 Å². The summed E-state index contributed by atoms with van der Waals surface area (Å²) < 4.78 is 7.26. The smallest absolute Gasteiger partial charge is 0.166 e. The Balaban J connectivity index is 1.85. The second kappa shape index (κ2) is 5.50. The molecule has 2 aromatic heterocycles. The van der Waals surface area contributed by atoms with Gasteiger partial charge in [0.25, 0.3) is 0 Å². The van der Waals surface area contributed by atoms with Gasteiger partial charge in [-0.2, -0.15) is 5.10 Å². The Labute approximate surface area is 118 Å². The number of anilines is 1. The number of hydrogen-bond donors (Lipinski definition) is 2. The summed E-state index contributed by atoms with van der Waals surface area (Å²) in [4.78, 5) is 4.15. The molecular weight excluding hydrogens is 254 g/mol. The van der Waals surface area contributed by atoms with Crippen LogP contribution in [0, 0.1) is 0 Å². The lowest BCUT2D eigenvalue weighted by Crippen LogP contribution is -2.29. The molecule has 3 heterocycles. The zero-order valence-corrected chi connectivity index (χ0v) is 11.5. The molecule has 106 valence electrons. The number of nitrogens with two attached hydrogens (primary N) is 1. The zero-order valence-electron chi connectivity index (χ0n) is 11.5. The molecule has 0 saturated carbocycles. The average Bonchev–Trinajstić information content (AvgIpc) is 2.98. The summed E-state index contributed by atoms with van der Waals surface area (Å²) in [6, 6.07) is 2.38. The molecule has 1 fully saturated rings. The van der Waals surface area contributed by atoms with E-state index in [1.165, 1.54) is 0 Å². The van der Waals surface area contributed by atoms with Gasteiger partial charge in [0.15, 0.2) is 11.6 Å². The summed E-state index contributed by atoms with van der Waals surface area (Å²) in [6.07, 6.45) is 7.92. The Morgan fingerprint density at radius 2 is 2.10 bits per heavy atom. The molecule has 0 bridgehead atoms. The molecule has 0 unspecified atom stereocenters. The molecule has 1 saturated heterocycles. The molecule has 0 aromatic carbocycles. The van der Waals surface area contributed by atoms with E-state index in [-0.39, 0.29) is 0 Å². The monoisotopic (exact) mass is 273 g/mol. The minimum Gasteiger partial charge on any atom is -0.493 e. The van der Waals surface area contributed by atoms with Crippen LogP contribution in [0.15, 0.2) is 24.7 Å². The van der Waals surface area contributed by atoms with E-state index in [2.05, 4.69) is 26.3 Å². The summed E-state index contributed by atoms with van der Waals surface area (Å²) in [5.41, 5.74) is 7.74. The first-order valence-corrected chi connectivity index (χ1v) is 6.82. The van der Waals surface area contributed by atoms with Crippen molar-refractivity contribution in [1.82, 2.24) is 20.1 Å². The van der Waals surface area contributed by atoms with E-state index in [9.17, 15) is 0 Å². The van der Waals surface area contributed by atoms with Crippen LogP contribution in [0.4, 0.5) is 5.82 Å². The fourth-order valence-electron chi connectivity index (χ4n) is 2.53. The first-order valence-electron chi connectivity index (χ1n) is 6.82. The largest absolute Gasteiger partial charge is 0.493 e. The third-order valence-corrected chi connectivity index (χ3v) is 3.72. The third kappa shape index (κ3) is 2.46. The van der Waals surface area contributed by atoms with Crippen molar-refractivity contribution in [1.29, 1.82) is 0 Å². The molecule has 6 nitrogen and oxygen atoms in total. The van der Waals surface area contributed by atoms with E-state index in [1.807, 2.05) is 12.3 Å². The lowest BCUT2D eigenvalue weighted by atomic mass is 10.1. The van der Waals surface area contributed by atoms with Crippen molar-refractivity contribution in [2.24, 2.45) is 0 Å². The molecule has 0 amide bonds. The van der Waals surface area contributed by atoms with Crippen molar-refractivity contribution in [3.05, 3.63) is 24.7 Å². The summed E-state index contributed by atoms with van der Waals surface area (Å²) in [7, 11) is 1.59. The quantitative estimate of drug-likeness (QED) is 0.885. The van der Waals surface area contributed by atoms with Gasteiger partial charge in [-0.05, 0) is 32.0 Å². The van der Waals surface area contributed by atoms with Crippen molar-refractivity contribution in [3.8, 4) is 16.9 Å². The van der Waals surface area contributed by atoms with Crippen LogP contribution in [0.3, 0.4) is 0 Å². The Morgan fingerprint density at radius 1 is 1.30 bits per heavy atom. The number of methoxy groups -OCH3 is 1. The van der Waals surface area contributed by atoms with Crippen molar-refractivity contribution in [2.45, 2.75) is 18.9 Å². The van der Waals surface area contributed by atoms with Gasteiger partial charge in [0.05, 0.1) is 19.3 Å². The molecule has 1 aliphatic heterocycles. The highest BCUT2D eigenvalue weighted by Crippen LogP contribution is 2.27. The second-order valence-corrected chi connectivity index (χ2v) is 5.00. The van der Waals surface area contributed by atoms with Crippen LogP contribution >= 0.6 is 0 Å². The van der Waals surface area contributed by atoms with Gasteiger partial charge in [0.2, 0.25) is 0 Å². The van der Waals surface area contributed by atoms with Gasteiger partial charge in [0, 0.05) is 23.5 Å². The standard InChI is InChI=1S/C14H19N5O/c1-20-13-6-10(7-17-14(13)15)11-8-18-19(9-11)12-2-4-16-5-3-12/h6-9,12,16H,2-5H2,1H3,(H2,15,17). The van der Waals surface area contributed by atoms with Crippen molar-refractivity contribution in [3.63, 3.8) is 0 Å². The van der Waals surface area contributed by atoms with Gasteiger partial charge >= 0.3 is 0 Å². The Kier molecular flexibility index (Phi) is 3.56. The number of nitrogens with one attached hydrogen (secondary N) is 1. The summed E-state index contributed by atoms with van der Waals surface area (Å²) in [5, 5.41) is 7.85. The molecule has 1 aliphatic rings. The predicted molar refractivity (Wildman–Crippen MR) is 77.6 cm³/mol. The molecular formula is C14H19N5O. The maximum atomic E-state index is 5.74. The summed E-state index contributed by atoms with van der Waals surface area (Å²) in [5.74, 6) is 0.999. The number of rotatable bonds is 3. The fourth-order valence-corrected chi connectivity index (χ4v) is 2.53. The van der Waals surface area contributed by atoms with Gasteiger partial charge in [-0.1, -0.05) is 0 Å². The molecule has 0 spiro atoms. The number of aromatic nitrogens is 3. The van der Waals surface area contributed by atoms with Gasteiger partial charge in [-0.25, -0.2) is 4.98 Å². The molecule has 3 N–H and O–H groups in total.